The Morgan fingerprint density at radius 3 is 2.70 bits per heavy atom. The van der Waals surface area contributed by atoms with E-state index in [9.17, 15) is 9.59 Å². The van der Waals surface area contributed by atoms with Crippen molar-refractivity contribution in [3.8, 4) is 0 Å². The predicted octanol–water partition coefficient (Wildman–Crippen LogP) is 1.03. The molecule has 1 N–H and O–H groups in total. The normalized spacial score (nSPS) is 30.9. The van der Waals surface area contributed by atoms with Gasteiger partial charge in [0.25, 0.3) is 0 Å². The minimum atomic E-state index is -0.192. The molecule has 1 unspecified atom stereocenters. The van der Waals surface area contributed by atoms with Crippen LogP contribution in [0.25, 0.3) is 0 Å². The van der Waals surface area contributed by atoms with Gasteiger partial charge in [-0.3, -0.25) is 9.59 Å². The molecule has 20 heavy (non-hydrogen) atoms. The zero-order chi connectivity index (χ0) is 14.9. The lowest BCUT2D eigenvalue weighted by atomic mass is 9.81. The maximum atomic E-state index is 12.1. The van der Waals surface area contributed by atoms with Crippen molar-refractivity contribution in [3.63, 3.8) is 0 Å². The lowest BCUT2D eigenvalue weighted by Crippen LogP contribution is -2.41. The van der Waals surface area contributed by atoms with Crippen LogP contribution in [0.2, 0.25) is 0 Å². The Labute approximate surface area is 121 Å². The number of carbonyl (C=O) groups excluding carboxylic acids is 2. The van der Waals surface area contributed by atoms with Crippen molar-refractivity contribution in [2.24, 2.45) is 17.3 Å². The summed E-state index contributed by atoms with van der Waals surface area (Å²) >= 11 is 0. The molecule has 2 aliphatic heterocycles. The molecular formula is C15H26N2O3. The van der Waals surface area contributed by atoms with E-state index in [-0.39, 0.29) is 29.3 Å². The van der Waals surface area contributed by atoms with Crippen molar-refractivity contribution in [2.45, 2.75) is 39.7 Å². The molecule has 5 heteroatoms. The molecular weight excluding hydrogens is 256 g/mol. The molecule has 3 atom stereocenters. The van der Waals surface area contributed by atoms with Crippen LogP contribution in [0.15, 0.2) is 0 Å². The minimum absolute atomic E-state index is 0.00209. The third-order valence-electron chi connectivity index (χ3n) is 4.32. The van der Waals surface area contributed by atoms with Gasteiger partial charge in [-0.05, 0) is 11.8 Å². The molecule has 5 nitrogen and oxygen atoms in total. The molecule has 0 aromatic rings. The Morgan fingerprint density at radius 2 is 2.15 bits per heavy atom. The third-order valence-corrected chi connectivity index (χ3v) is 4.32. The number of hydrogen-bond acceptors (Lipinski definition) is 3. The van der Waals surface area contributed by atoms with Gasteiger partial charge in [0.1, 0.15) is 0 Å². The van der Waals surface area contributed by atoms with Gasteiger partial charge in [-0.25, -0.2) is 0 Å². The highest BCUT2D eigenvalue weighted by Gasteiger charge is 2.38. The van der Waals surface area contributed by atoms with Gasteiger partial charge in [0.05, 0.1) is 12.0 Å². The zero-order valence-corrected chi connectivity index (χ0v) is 12.9. The summed E-state index contributed by atoms with van der Waals surface area (Å²) in [6.07, 6.45) is 1.52. The van der Waals surface area contributed by atoms with Crippen LogP contribution in [0.3, 0.4) is 0 Å². The van der Waals surface area contributed by atoms with E-state index in [1.807, 2.05) is 0 Å². The maximum absolute atomic E-state index is 12.1. The summed E-state index contributed by atoms with van der Waals surface area (Å²) in [6.45, 7) is 8.46. The van der Waals surface area contributed by atoms with Crippen LogP contribution < -0.4 is 5.32 Å². The number of ether oxygens (including phenoxy) is 1. The van der Waals surface area contributed by atoms with Crippen molar-refractivity contribution in [2.75, 3.05) is 26.7 Å². The largest absolute Gasteiger partial charge is 0.377 e. The molecule has 2 saturated heterocycles. The molecule has 2 rings (SSSR count). The van der Waals surface area contributed by atoms with Crippen LogP contribution in [0, 0.1) is 17.3 Å². The van der Waals surface area contributed by atoms with Crippen molar-refractivity contribution >= 4 is 11.8 Å². The van der Waals surface area contributed by atoms with E-state index in [2.05, 4.69) is 26.1 Å². The Morgan fingerprint density at radius 1 is 1.45 bits per heavy atom. The number of hydrogen-bond donors (Lipinski definition) is 1. The molecule has 0 radical (unpaired) electrons. The number of carbonyl (C=O) groups is 2. The predicted molar refractivity (Wildman–Crippen MR) is 76.1 cm³/mol. The van der Waals surface area contributed by atoms with Gasteiger partial charge < -0.3 is 15.0 Å². The number of nitrogens with one attached hydrogen (secondary N) is 1. The summed E-state index contributed by atoms with van der Waals surface area (Å²) in [7, 11) is 1.75. The summed E-state index contributed by atoms with van der Waals surface area (Å²) in [5, 5.41) is 3.01. The standard InChI is InChI=1S/C15H26N2O3/c1-15(2,3)13-10(5-6-20-13)8-16-14(19)11-7-12(18)17(4)9-11/h10-11,13H,5-9H2,1-4H3,(H,16,19)/t10-,11?,13+/m1/s1. The quantitative estimate of drug-likeness (QED) is 0.841. The Kier molecular flexibility index (Phi) is 4.37. The van der Waals surface area contributed by atoms with Gasteiger partial charge in [0.15, 0.2) is 0 Å². The molecule has 2 aliphatic rings. The lowest BCUT2D eigenvalue weighted by Gasteiger charge is -2.31. The molecule has 2 heterocycles. The fraction of sp³-hybridized carbons (Fsp3) is 0.867. The van der Waals surface area contributed by atoms with Crippen LogP contribution >= 0.6 is 0 Å². The number of likely N-dealkylation sites (tertiary alicyclic amines) is 1. The Balaban J connectivity index is 1.83. The minimum Gasteiger partial charge on any atom is -0.377 e. The lowest BCUT2D eigenvalue weighted by molar-refractivity contribution is -0.128. The topological polar surface area (TPSA) is 58.6 Å². The van der Waals surface area contributed by atoms with Gasteiger partial charge in [0.2, 0.25) is 11.8 Å². The maximum Gasteiger partial charge on any atom is 0.225 e. The molecule has 2 amide bonds. The van der Waals surface area contributed by atoms with Crippen molar-refractivity contribution < 1.29 is 14.3 Å². The van der Waals surface area contributed by atoms with Gasteiger partial charge in [-0.2, -0.15) is 0 Å². The molecule has 0 aromatic carbocycles. The van der Waals surface area contributed by atoms with Crippen LogP contribution in [0.1, 0.15) is 33.6 Å². The highest BCUT2D eigenvalue weighted by molar-refractivity contribution is 5.89. The molecule has 114 valence electrons. The van der Waals surface area contributed by atoms with Crippen LogP contribution in [-0.2, 0) is 14.3 Å². The highest BCUT2D eigenvalue weighted by Crippen LogP contribution is 2.34. The first kappa shape index (κ1) is 15.3. The second-order valence-corrected chi connectivity index (χ2v) is 7.13. The number of rotatable bonds is 3. The summed E-state index contributed by atoms with van der Waals surface area (Å²) in [4.78, 5) is 25.2. The SMILES string of the molecule is CN1CC(C(=O)NC[C@H]2CCO[C@@H]2C(C)(C)C)CC1=O. The van der Waals surface area contributed by atoms with E-state index in [4.69, 9.17) is 4.74 Å². The Bertz CT molecular complexity index is 389. The van der Waals surface area contributed by atoms with Crippen molar-refractivity contribution in [3.05, 3.63) is 0 Å². The van der Waals surface area contributed by atoms with E-state index in [1.54, 1.807) is 11.9 Å². The molecule has 0 aromatic heterocycles. The van der Waals surface area contributed by atoms with E-state index >= 15 is 0 Å². The monoisotopic (exact) mass is 282 g/mol. The fourth-order valence-electron chi connectivity index (χ4n) is 3.22. The van der Waals surface area contributed by atoms with Gasteiger partial charge in [-0.15, -0.1) is 0 Å². The third kappa shape index (κ3) is 3.32. The van der Waals surface area contributed by atoms with Crippen molar-refractivity contribution in [1.29, 1.82) is 0 Å². The van der Waals surface area contributed by atoms with Gasteiger partial charge in [0, 0.05) is 39.1 Å². The molecule has 0 bridgehead atoms. The highest BCUT2D eigenvalue weighted by atomic mass is 16.5. The van der Waals surface area contributed by atoms with E-state index in [0.717, 1.165) is 13.0 Å². The molecule has 0 spiro atoms. The summed E-state index contributed by atoms with van der Waals surface area (Å²) in [5.41, 5.74) is 0.0927. The van der Waals surface area contributed by atoms with Crippen LogP contribution in [-0.4, -0.2) is 49.6 Å². The van der Waals surface area contributed by atoms with Gasteiger partial charge in [-0.1, -0.05) is 20.8 Å². The van der Waals surface area contributed by atoms with Crippen LogP contribution in [0.5, 0.6) is 0 Å². The molecule has 0 aliphatic carbocycles. The average Bonchev–Trinajstić information content (AvgIpc) is 2.93. The van der Waals surface area contributed by atoms with E-state index in [0.29, 0.717) is 25.4 Å². The smallest absolute Gasteiger partial charge is 0.225 e. The van der Waals surface area contributed by atoms with Crippen LogP contribution in [0.4, 0.5) is 0 Å². The van der Waals surface area contributed by atoms with Crippen molar-refractivity contribution in [1.82, 2.24) is 10.2 Å². The summed E-state index contributed by atoms with van der Waals surface area (Å²) in [6, 6.07) is 0. The number of amides is 2. The van der Waals surface area contributed by atoms with E-state index in [1.165, 1.54) is 0 Å². The first-order chi connectivity index (χ1) is 9.29. The fourth-order valence-corrected chi connectivity index (χ4v) is 3.22. The second kappa shape index (κ2) is 5.72. The zero-order valence-electron chi connectivity index (χ0n) is 12.9. The van der Waals surface area contributed by atoms with E-state index < -0.39 is 0 Å². The second-order valence-electron chi connectivity index (χ2n) is 7.13. The molecule has 0 saturated carbocycles. The Hall–Kier alpha value is -1.10. The summed E-state index contributed by atoms with van der Waals surface area (Å²) in [5.74, 6) is 0.237. The number of nitrogens with zero attached hydrogens (tertiary/aromatic N) is 1. The first-order valence-electron chi connectivity index (χ1n) is 7.42. The average molecular weight is 282 g/mol. The first-order valence-corrected chi connectivity index (χ1v) is 7.42. The molecule has 2 fully saturated rings. The van der Waals surface area contributed by atoms with Gasteiger partial charge >= 0.3 is 0 Å². The summed E-state index contributed by atoms with van der Waals surface area (Å²) < 4.78 is 5.81.